The van der Waals surface area contributed by atoms with Crippen molar-refractivity contribution < 1.29 is 15.0 Å². The van der Waals surface area contributed by atoms with E-state index in [0.717, 1.165) is 20.9 Å². The maximum Gasteiger partial charge on any atom is 0.407 e. The van der Waals surface area contributed by atoms with Crippen molar-refractivity contribution in [2.24, 2.45) is 0 Å². The van der Waals surface area contributed by atoms with Crippen LogP contribution in [0, 0.1) is 0 Å². The van der Waals surface area contributed by atoms with Crippen LogP contribution in [0.1, 0.15) is 5.56 Å². The molecule has 1 aromatic carbocycles. The predicted octanol–water partition coefficient (Wildman–Crippen LogP) is 2.11. The number of fused-ring (bicyclic) bond motifs is 1. The second-order valence-corrected chi connectivity index (χ2v) is 5.48. The highest BCUT2D eigenvalue weighted by Gasteiger charge is 2.46. The number of β-amino-alcohol motifs (C(OH)–C–C–N with tert-alkyl or cyclic N) is 1. The fraction of sp³-hybridized carbons (Fsp3) is 0.250. The van der Waals surface area contributed by atoms with Crippen molar-refractivity contribution in [3.05, 3.63) is 34.4 Å². The van der Waals surface area contributed by atoms with Gasteiger partial charge in [0.25, 0.3) is 0 Å². The summed E-state index contributed by atoms with van der Waals surface area (Å²) < 4.78 is 0.955. The average Bonchev–Trinajstić information content (AvgIpc) is 2.67. The molecule has 1 amide bonds. The Morgan fingerprint density at radius 3 is 2.83 bits per heavy atom. The molecule has 0 bridgehead atoms. The van der Waals surface area contributed by atoms with Crippen LogP contribution in [0.2, 0.25) is 0 Å². The monoisotopic (exact) mass is 310 g/mol. The van der Waals surface area contributed by atoms with Crippen LogP contribution < -0.4 is 0 Å². The number of benzene rings is 1. The lowest BCUT2D eigenvalue weighted by Crippen LogP contribution is -2.60. The molecule has 0 saturated carbocycles. The first-order valence-corrected chi connectivity index (χ1v) is 6.26. The summed E-state index contributed by atoms with van der Waals surface area (Å²) in [4.78, 5) is 15.0. The lowest BCUT2D eigenvalue weighted by Gasteiger charge is -2.44. The number of halogens is 1. The molecule has 0 unspecified atom stereocenters. The molecule has 2 heterocycles. The van der Waals surface area contributed by atoms with E-state index in [1.54, 1.807) is 6.20 Å². The number of nitrogens with one attached hydrogen (secondary N) is 1. The van der Waals surface area contributed by atoms with Crippen molar-refractivity contribution >= 4 is 32.9 Å². The molecular weight excluding hydrogens is 300 g/mol. The highest BCUT2D eigenvalue weighted by molar-refractivity contribution is 9.10. The van der Waals surface area contributed by atoms with E-state index < -0.39 is 11.7 Å². The van der Waals surface area contributed by atoms with Crippen molar-refractivity contribution in [1.82, 2.24) is 9.88 Å². The Hall–Kier alpha value is -1.53. The molecule has 5 nitrogen and oxygen atoms in total. The molecule has 1 aromatic heterocycles. The molecule has 18 heavy (non-hydrogen) atoms. The van der Waals surface area contributed by atoms with Gasteiger partial charge in [0.1, 0.15) is 5.60 Å². The molecule has 1 saturated heterocycles. The standard InChI is InChI=1S/C12H11BrN2O3/c13-7-1-2-8-9(4-14-10(8)3-7)12(18)5-15(6-12)11(16)17/h1-4,14,18H,5-6H2,(H,16,17). The predicted molar refractivity (Wildman–Crippen MR) is 69.5 cm³/mol. The van der Waals surface area contributed by atoms with Gasteiger partial charge in [-0.25, -0.2) is 4.79 Å². The van der Waals surface area contributed by atoms with Gasteiger partial charge in [0, 0.05) is 27.1 Å². The molecule has 3 N–H and O–H groups in total. The first kappa shape index (κ1) is 11.6. The lowest BCUT2D eigenvalue weighted by molar-refractivity contribution is -0.0887. The largest absolute Gasteiger partial charge is 0.465 e. The highest BCUT2D eigenvalue weighted by atomic mass is 79.9. The maximum atomic E-state index is 10.7. The van der Waals surface area contributed by atoms with Crippen LogP contribution in [0.25, 0.3) is 10.9 Å². The number of likely N-dealkylation sites (tertiary alicyclic amines) is 1. The van der Waals surface area contributed by atoms with Crippen molar-refractivity contribution in [3.63, 3.8) is 0 Å². The van der Waals surface area contributed by atoms with Crippen LogP contribution in [-0.2, 0) is 5.60 Å². The number of aliphatic hydroxyl groups is 1. The normalized spacial score (nSPS) is 17.8. The van der Waals surface area contributed by atoms with Gasteiger partial charge >= 0.3 is 6.09 Å². The fourth-order valence-corrected chi connectivity index (χ4v) is 2.74. The Balaban J connectivity index is 1.99. The van der Waals surface area contributed by atoms with E-state index in [1.807, 2.05) is 18.2 Å². The number of nitrogens with zero attached hydrogens (tertiary/aromatic N) is 1. The van der Waals surface area contributed by atoms with Gasteiger partial charge in [0.15, 0.2) is 0 Å². The minimum Gasteiger partial charge on any atom is -0.465 e. The number of H-pyrrole nitrogens is 1. The molecular formula is C12H11BrN2O3. The Morgan fingerprint density at radius 2 is 2.17 bits per heavy atom. The van der Waals surface area contributed by atoms with E-state index in [0.29, 0.717) is 0 Å². The molecule has 0 atom stereocenters. The third-order valence-corrected chi connectivity index (χ3v) is 3.81. The molecule has 1 fully saturated rings. The number of amides is 1. The number of aromatic nitrogens is 1. The average molecular weight is 311 g/mol. The first-order chi connectivity index (χ1) is 8.49. The summed E-state index contributed by atoms with van der Waals surface area (Å²) in [6, 6.07) is 5.74. The molecule has 1 aliphatic rings. The molecule has 0 aliphatic carbocycles. The fourth-order valence-electron chi connectivity index (χ4n) is 2.37. The van der Waals surface area contributed by atoms with Gasteiger partial charge in [-0.15, -0.1) is 0 Å². The second kappa shape index (κ2) is 3.73. The molecule has 6 heteroatoms. The zero-order valence-corrected chi connectivity index (χ0v) is 10.9. The van der Waals surface area contributed by atoms with E-state index in [4.69, 9.17) is 5.11 Å². The van der Waals surface area contributed by atoms with Crippen molar-refractivity contribution in [2.45, 2.75) is 5.60 Å². The van der Waals surface area contributed by atoms with Crippen LogP contribution in [0.5, 0.6) is 0 Å². The zero-order chi connectivity index (χ0) is 12.9. The van der Waals surface area contributed by atoms with Gasteiger partial charge in [0.2, 0.25) is 0 Å². The first-order valence-electron chi connectivity index (χ1n) is 5.47. The van der Waals surface area contributed by atoms with Crippen LogP contribution in [-0.4, -0.2) is 39.3 Å². The number of hydrogen-bond donors (Lipinski definition) is 3. The summed E-state index contributed by atoms with van der Waals surface area (Å²) >= 11 is 3.38. The third-order valence-electron chi connectivity index (χ3n) is 3.32. The zero-order valence-electron chi connectivity index (χ0n) is 9.35. The summed E-state index contributed by atoms with van der Waals surface area (Å²) in [7, 11) is 0. The van der Waals surface area contributed by atoms with Crippen LogP contribution in [0.4, 0.5) is 4.79 Å². The van der Waals surface area contributed by atoms with Crippen LogP contribution in [0.3, 0.4) is 0 Å². The van der Waals surface area contributed by atoms with Crippen LogP contribution >= 0.6 is 15.9 Å². The molecule has 0 radical (unpaired) electrons. The van der Waals surface area contributed by atoms with Crippen LogP contribution in [0.15, 0.2) is 28.9 Å². The SMILES string of the molecule is O=C(O)N1CC(O)(c2c[nH]c3cc(Br)ccc23)C1. The molecule has 0 spiro atoms. The minimum absolute atomic E-state index is 0.116. The summed E-state index contributed by atoms with van der Waals surface area (Å²) in [5.74, 6) is 0. The summed E-state index contributed by atoms with van der Waals surface area (Å²) in [5, 5.41) is 20.2. The quantitative estimate of drug-likeness (QED) is 0.755. The second-order valence-electron chi connectivity index (χ2n) is 4.56. The van der Waals surface area contributed by atoms with Gasteiger partial charge in [0.05, 0.1) is 13.1 Å². The molecule has 2 aromatic rings. The van der Waals surface area contributed by atoms with Gasteiger partial charge in [-0.3, -0.25) is 0 Å². The van der Waals surface area contributed by atoms with Gasteiger partial charge in [-0.1, -0.05) is 22.0 Å². The maximum absolute atomic E-state index is 10.7. The molecule has 94 valence electrons. The smallest absolute Gasteiger partial charge is 0.407 e. The van der Waals surface area contributed by atoms with E-state index in [-0.39, 0.29) is 13.1 Å². The number of hydrogen-bond acceptors (Lipinski definition) is 2. The lowest BCUT2D eigenvalue weighted by atomic mass is 9.86. The van der Waals surface area contributed by atoms with E-state index in [2.05, 4.69) is 20.9 Å². The van der Waals surface area contributed by atoms with E-state index in [9.17, 15) is 9.90 Å². The number of rotatable bonds is 1. The third kappa shape index (κ3) is 1.60. The van der Waals surface area contributed by atoms with Crippen molar-refractivity contribution in [2.75, 3.05) is 13.1 Å². The van der Waals surface area contributed by atoms with Crippen molar-refractivity contribution in [3.8, 4) is 0 Å². The Morgan fingerprint density at radius 1 is 1.44 bits per heavy atom. The number of carboxylic acid groups (broad SMARTS) is 1. The Bertz CT molecular complexity index is 631. The number of aromatic amines is 1. The Labute approximate surface area is 111 Å². The van der Waals surface area contributed by atoms with Gasteiger partial charge in [-0.05, 0) is 12.1 Å². The number of carbonyl (C=O) groups is 1. The van der Waals surface area contributed by atoms with E-state index >= 15 is 0 Å². The highest BCUT2D eigenvalue weighted by Crippen LogP contribution is 2.36. The van der Waals surface area contributed by atoms with E-state index in [1.165, 1.54) is 4.90 Å². The molecule has 3 rings (SSSR count). The Kier molecular flexibility index (Phi) is 2.39. The summed E-state index contributed by atoms with van der Waals surface area (Å²) in [5.41, 5.74) is 0.592. The van der Waals surface area contributed by atoms with Gasteiger partial charge < -0.3 is 20.1 Å². The summed E-state index contributed by atoms with van der Waals surface area (Å²) in [6.07, 6.45) is 0.748. The summed E-state index contributed by atoms with van der Waals surface area (Å²) in [6.45, 7) is 0.233. The minimum atomic E-state index is -1.08. The topological polar surface area (TPSA) is 76.6 Å². The van der Waals surface area contributed by atoms with Crippen molar-refractivity contribution in [1.29, 1.82) is 0 Å². The van der Waals surface area contributed by atoms with Gasteiger partial charge in [-0.2, -0.15) is 0 Å². The molecule has 1 aliphatic heterocycles.